The molecule has 0 saturated carbocycles. The summed E-state index contributed by atoms with van der Waals surface area (Å²) in [7, 11) is 0. The maximum atomic E-state index is 14.8. The quantitative estimate of drug-likeness (QED) is 0.334. The number of pyridine rings is 1. The summed E-state index contributed by atoms with van der Waals surface area (Å²) >= 11 is 0. The van der Waals surface area contributed by atoms with Gasteiger partial charge in [-0.2, -0.15) is 4.98 Å². The van der Waals surface area contributed by atoms with Gasteiger partial charge in [-0.3, -0.25) is 19.4 Å². The highest BCUT2D eigenvalue weighted by Crippen LogP contribution is 2.31. The van der Waals surface area contributed by atoms with Gasteiger partial charge in [0.2, 0.25) is 5.82 Å². The maximum absolute atomic E-state index is 14.8. The largest absolute Gasteiger partial charge is 0.360 e. The molecule has 1 fully saturated rings. The highest BCUT2D eigenvalue weighted by Gasteiger charge is 2.35. The number of halogens is 1. The number of amides is 2. The number of nitrogens with two attached hydrogens (primary N) is 1. The third-order valence-corrected chi connectivity index (χ3v) is 5.97. The van der Waals surface area contributed by atoms with Crippen molar-refractivity contribution < 1.29 is 23.3 Å². The molecule has 0 aliphatic carbocycles. The molecule has 1 aliphatic rings. The van der Waals surface area contributed by atoms with Gasteiger partial charge in [0.05, 0.1) is 11.1 Å². The number of carbonyl (C=O) groups is 3. The Balaban J connectivity index is 1.38. The van der Waals surface area contributed by atoms with Crippen molar-refractivity contribution in [2.75, 3.05) is 25.4 Å². The number of nitrogens with one attached hydrogen (secondary N) is 1. The average Bonchev–Trinajstić information content (AvgIpc) is 3.51. The molecule has 35 heavy (non-hydrogen) atoms. The van der Waals surface area contributed by atoms with Crippen LogP contribution in [-0.2, 0) is 4.79 Å². The van der Waals surface area contributed by atoms with Crippen molar-refractivity contribution in [1.82, 2.24) is 29.9 Å². The summed E-state index contributed by atoms with van der Waals surface area (Å²) in [6.07, 6.45) is 2.82. The first-order valence-corrected chi connectivity index (χ1v) is 10.8. The third-order valence-electron chi connectivity index (χ3n) is 5.97. The molecule has 1 atom stereocenters. The van der Waals surface area contributed by atoms with Gasteiger partial charge in [-0.05, 0) is 31.2 Å². The van der Waals surface area contributed by atoms with Crippen LogP contribution in [0.25, 0.3) is 22.3 Å². The number of benzene rings is 1. The van der Waals surface area contributed by atoms with Gasteiger partial charge in [-0.25, -0.2) is 4.39 Å². The lowest BCUT2D eigenvalue weighted by Gasteiger charge is -2.39. The van der Waals surface area contributed by atoms with E-state index in [0.717, 1.165) is 6.07 Å². The molecule has 11 nitrogen and oxygen atoms in total. The number of anilines is 1. The lowest BCUT2D eigenvalue weighted by molar-refractivity contribution is -0.130. The fraction of sp³-hybridized carbons (Fsp3) is 0.217. The smallest absolute Gasteiger partial charge is 0.319 e. The summed E-state index contributed by atoms with van der Waals surface area (Å²) in [5.41, 5.74) is 6.28. The number of hydrogen-bond donors (Lipinski definition) is 2. The van der Waals surface area contributed by atoms with Crippen LogP contribution in [0.2, 0.25) is 0 Å². The number of fused-ring (bicyclic) bond motifs is 1. The number of nitrogen functional groups attached to an aromatic ring is 1. The Morgan fingerprint density at radius 3 is 2.71 bits per heavy atom. The monoisotopic (exact) mass is 477 g/mol. The summed E-state index contributed by atoms with van der Waals surface area (Å²) in [6, 6.07) is 7.05. The molecule has 12 heteroatoms. The van der Waals surface area contributed by atoms with Crippen molar-refractivity contribution in [1.29, 1.82) is 0 Å². The maximum Gasteiger partial charge on any atom is 0.319 e. The number of ketones is 1. The van der Waals surface area contributed by atoms with Crippen molar-refractivity contribution in [3.8, 4) is 11.4 Å². The highest BCUT2D eigenvalue weighted by atomic mass is 19.1. The van der Waals surface area contributed by atoms with Gasteiger partial charge < -0.3 is 25.0 Å². The van der Waals surface area contributed by atoms with Crippen molar-refractivity contribution in [3.63, 3.8) is 0 Å². The van der Waals surface area contributed by atoms with Crippen LogP contribution in [0.1, 0.15) is 27.8 Å². The molecule has 0 spiro atoms. The minimum absolute atomic E-state index is 0.0548. The molecular weight excluding hydrogens is 457 g/mol. The molecule has 3 aromatic heterocycles. The van der Waals surface area contributed by atoms with Crippen LogP contribution in [0.4, 0.5) is 10.4 Å². The van der Waals surface area contributed by atoms with Crippen LogP contribution >= 0.6 is 0 Å². The molecule has 178 valence electrons. The fourth-order valence-corrected chi connectivity index (χ4v) is 4.26. The topological polar surface area (TPSA) is 151 Å². The normalized spacial score (nSPS) is 16.0. The second-order valence-electron chi connectivity index (χ2n) is 8.15. The summed E-state index contributed by atoms with van der Waals surface area (Å²) < 4.78 is 19.6. The molecular formula is C23H20FN7O4. The van der Waals surface area contributed by atoms with E-state index in [1.165, 1.54) is 23.4 Å². The first kappa shape index (κ1) is 22.2. The standard InChI is InChI=1S/C23H20FN7O4/c1-12-11-30(21(33)16-4-2-3-7-26-16)8-9-31(12)22(34)19(32)14-10-27-18-13(5-6-15(24)17(14)18)20-28-23(25)35-29-20/h2-7,10,12,27H,8-9,11H2,1H3,(H2,25,28,29)/t12-/m1/s1. The van der Waals surface area contributed by atoms with Gasteiger partial charge in [0.25, 0.3) is 17.6 Å². The predicted molar refractivity (Wildman–Crippen MR) is 122 cm³/mol. The Labute approximate surface area is 197 Å². The van der Waals surface area contributed by atoms with E-state index < -0.39 is 23.5 Å². The van der Waals surface area contributed by atoms with Crippen LogP contribution in [0.5, 0.6) is 0 Å². The molecule has 5 rings (SSSR count). The Kier molecular flexibility index (Phi) is 5.47. The fourth-order valence-electron chi connectivity index (χ4n) is 4.26. The zero-order chi connectivity index (χ0) is 24.7. The number of aromatic amines is 1. The van der Waals surface area contributed by atoms with E-state index >= 15 is 0 Å². The predicted octanol–water partition coefficient (Wildman–Crippen LogP) is 1.89. The molecule has 4 heterocycles. The summed E-state index contributed by atoms with van der Waals surface area (Å²) in [5.74, 6) is -2.46. The number of carbonyl (C=O) groups excluding carboxylic acids is 3. The molecule has 4 aromatic rings. The van der Waals surface area contributed by atoms with Crippen molar-refractivity contribution in [2.24, 2.45) is 0 Å². The summed E-state index contributed by atoms with van der Waals surface area (Å²) in [6.45, 7) is 2.38. The van der Waals surface area contributed by atoms with Crippen molar-refractivity contribution >= 4 is 34.5 Å². The second-order valence-corrected chi connectivity index (χ2v) is 8.15. The third kappa shape index (κ3) is 3.88. The van der Waals surface area contributed by atoms with E-state index in [9.17, 15) is 18.8 Å². The second kappa shape index (κ2) is 8.63. The molecule has 0 bridgehead atoms. The van der Waals surface area contributed by atoms with Gasteiger partial charge in [0.15, 0.2) is 0 Å². The van der Waals surface area contributed by atoms with E-state index in [2.05, 4.69) is 20.1 Å². The van der Waals surface area contributed by atoms with E-state index in [1.54, 1.807) is 30.0 Å². The number of rotatable bonds is 4. The minimum atomic E-state index is -0.865. The Hall–Kier alpha value is -4.61. The van der Waals surface area contributed by atoms with Crippen LogP contribution in [-0.4, -0.2) is 73.2 Å². The van der Waals surface area contributed by atoms with Crippen LogP contribution in [0.15, 0.2) is 47.2 Å². The minimum Gasteiger partial charge on any atom is -0.360 e. The molecule has 0 radical (unpaired) electrons. The highest BCUT2D eigenvalue weighted by molar-refractivity contribution is 6.45. The van der Waals surface area contributed by atoms with Gasteiger partial charge in [-0.15, -0.1) is 0 Å². The van der Waals surface area contributed by atoms with Crippen LogP contribution < -0.4 is 5.73 Å². The Morgan fingerprint density at radius 2 is 2.03 bits per heavy atom. The van der Waals surface area contributed by atoms with Crippen molar-refractivity contribution in [3.05, 3.63) is 59.8 Å². The zero-order valence-corrected chi connectivity index (χ0v) is 18.6. The number of H-pyrrole nitrogens is 1. The Bertz CT molecular complexity index is 1450. The van der Waals surface area contributed by atoms with Gasteiger partial charge in [0.1, 0.15) is 11.5 Å². The number of hydrogen-bond acceptors (Lipinski definition) is 8. The van der Waals surface area contributed by atoms with E-state index in [0.29, 0.717) is 11.3 Å². The molecule has 1 aliphatic heterocycles. The van der Waals surface area contributed by atoms with Gasteiger partial charge in [0, 0.05) is 49.0 Å². The zero-order valence-electron chi connectivity index (χ0n) is 18.6. The van der Waals surface area contributed by atoms with E-state index in [-0.39, 0.29) is 53.8 Å². The SMILES string of the molecule is C[C@@H]1CN(C(=O)c2ccccn2)CCN1C(=O)C(=O)c1c[nH]c2c(-c3noc(N)n3)ccc(F)c12. The molecule has 0 unspecified atom stereocenters. The number of nitrogens with zero attached hydrogens (tertiary/aromatic N) is 5. The van der Waals surface area contributed by atoms with E-state index in [1.807, 2.05) is 0 Å². The number of piperazine rings is 1. The molecule has 3 N–H and O–H groups in total. The number of Topliss-reactive ketones (excluding diaryl/α,β-unsaturated/α-hetero) is 1. The first-order valence-electron chi connectivity index (χ1n) is 10.8. The average molecular weight is 477 g/mol. The lowest BCUT2D eigenvalue weighted by atomic mass is 10.0. The van der Waals surface area contributed by atoms with E-state index in [4.69, 9.17) is 10.3 Å². The molecule has 1 saturated heterocycles. The van der Waals surface area contributed by atoms with Crippen molar-refractivity contribution in [2.45, 2.75) is 13.0 Å². The molecule has 2 amide bonds. The molecule has 1 aromatic carbocycles. The summed E-state index contributed by atoms with van der Waals surface area (Å²) in [5, 5.41) is 3.68. The van der Waals surface area contributed by atoms with Gasteiger partial charge in [-0.1, -0.05) is 11.2 Å². The van der Waals surface area contributed by atoms with Gasteiger partial charge >= 0.3 is 6.01 Å². The first-order chi connectivity index (χ1) is 16.8. The lowest BCUT2D eigenvalue weighted by Crippen LogP contribution is -2.56. The van der Waals surface area contributed by atoms with Crippen LogP contribution in [0.3, 0.4) is 0 Å². The van der Waals surface area contributed by atoms with Crippen LogP contribution in [0, 0.1) is 5.82 Å². The Morgan fingerprint density at radius 1 is 1.20 bits per heavy atom. The number of aromatic nitrogens is 4. The summed E-state index contributed by atoms with van der Waals surface area (Å²) in [4.78, 5) is 52.8.